The Bertz CT molecular complexity index is 892. The van der Waals surface area contributed by atoms with Gasteiger partial charge in [-0.05, 0) is 41.8 Å². The van der Waals surface area contributed by atoms with Gasteiger partial charge in [-0.3, -0.25) is 20.0 Å². The molecule has 0 spiro atoms. The molecule has 166 valence electrons. The van der Waals surface area contributed by atoms with Crippen molar-refractivity contribution in [3.63, 3.8) is 0 Å². The molecule has 3 rings (SSSR count). The Balaban J connectivity index is 1.73. The van der Waals surface area contributed by atoms with Crippen molar-refractivity contribution in [1.82, 2.24) is 10.2 Å². The minimum atomic E-state index is -0.239. The topological polar surface area (TPSA) is 75.2 Å². The van der Waals surface area contributed by atoms with Gasteiger partial charge in [0.15, 0.2) is 0 Å². The second-order valence-corrected chi connectivity index (χ2v) is 7.78. The number of carbonyl (C=O) groups is 1. The van der Waals surface area contributed by atoms with Gasteiger partial charge >= 0.3 is 0 Å². The minimum absolute atomic E-state index is 0.239. The number of nitrogens with zero attached hydrogens (tertiary/aromatic N) is 2. The lowest BCUT2D eigenvalue weighted by Gasteiger charge is -2.25. The average molecular weight is 425 g/mol. The van der Waals surface area contributed by atoms with Gasteiger partial charge in [-0.2, -0.15) is 0 Å². The van der Waals surface area contributed by atoms with Crippen LogP contribution in [-0.2, 0) is 4.74 Å². The third-order valence-electron chi connectivity index (χ3n) is 5.17. The zero-order valence-corrected chi connectivity index (χ0v) is 18.6. The van der Waals surface area contributed by atoms with E-state index in [9.17, 15) is 4.79 Å². The van der Waals surface area contributed by atoms with Crippen molar-refractivity contribution in [2.24, 2.45) is 4.99 Å². The van der Waals surface area contributed by atoms with Crippen LogP contribution in [0.1, 0.15) is 35.7 Å². The Labute approximate surface area is 184 Å². The zero-order chi connectivity index (χ0) is 22.1. The number of rotatable bonds is 7. The number of amides is 1. The standard InChI is InChI=1S/C24H32N4O3/c1-18(2)19-6-4-8-21(16-19)26-24(25-10-11-28-12-14-31-15-13-28)27-23(29)20-7-5-9-22(17-20)30-3/h4-9,16-18H,10-15H2,1-3H3,(H2,25,26,27,29). The third kappa shape index (κ3) is 7.08. The normalized spacial score (nSPS) is 15.0. The highest BCUT2D eigenvalue weighted by Gasteiger charge is 2.13. The summed E-state index contributed by atoms with van der Waals surface area (Å²) in [5.74, 6) is 1.24. The second kappa shape index (κ2) is 11.5. The molecule has 1 amide bonds. The Morgan fingerprint density at radius 2 is 1.94 bits per heavy atom. The smallest absolute Gasteiger partial charge is 0.258 e. The molecular weight excluding hydrogens is 392 g/mol. The molecule has 1 saturated heterocycles. The number of ether oxygens (including phenoxy) is 2. The molecular formula is C24H32N4O3. The van der Waals surface area contributed by atoms with E-state index in [-0.39, 0.29) is 5.91 Å². The lowest BCUT2D eigenvalue weighted by molar-refractivity contribution is 0.0394. The summed E-state index contributed by atoms with van der Waals surface area (Å²) >= 11 is 0. The number of nitrogens with one attached hydrogen (secondary N) is 2. The summed E-state index contributed by atoms with van der Waals surface area (Å²) < 4.78 is 10.6. The SMILES string of the molecule is COc1cccc(C(=O)NC(=NCCN2CCOCC2)Nc2cccc(C(C)C)c2)c1. The zero-order valence-electron chi connectivity index (χ0n) is 18.6. The van der Waals surface area contributed by atoms with E-state index < -0.39 is 0 Å². The Morgan fingerprint density at radius 1 is 1.16 bits per heavy atom. The summed E-state index contributed by atoms with van der Waals surface area (Å²) in [5.41, 5.74) is 2.62. The van der Waals surface area contributed by atoms with Crippen molar-refractivity contribution >= 4 is 17.6 Å². The number of guanidine groups is 1. The molecule has 0 radical (unpaired) electrons. The van der Waals surface area contributed by atoms with Crippen LogP contribution in [0, 0.1) is 0 Å². The molecule has 2 aromatic rings. The highest BCUT2D eigenvalue weighted by Crippen LogP contribution is 2.18. The lowest BCUT2D eigenvalue weighted by atomic mass is 10.0. The number of anilines is 1. The number of morpholine rings is 1. The van der Waals surface area contributed by atoms with Gasteiger partial charge in [0.25, 0.3) is 5.91 Å². The molecule has 1 aliphatic rings. The van der Waals surface area contributed by atoms with E-state index in [2.05, 4.69) is 46.5 Å². The molecule has 0 aromatic heterocycles. The fraction of sp³-hybridized carbons (Fsp3) is 0.417. The minimum Gasteiger partial charge on any atom is -0.497 e. The molecule has 1 fully saturated rings. The first-order chi connectivity index (χ1) is 15.0. The van der Waals surface area contributed by atoms with E-state index in [4.69, 9.17) is 9.47 Å². The summed E-state index contributed by atoms with van der Waals surface area (Å²) in [6.45, 7) is 9.02. The maximum atomic E-state index is 12.8. The van der Waals surface area contributed by atoms with Crippen molar-refractivity contribution < 1.29 is 14.3 Å². The Hall–Kier alpha value is -2.90. The monoisotopic (exact) mass is 424 g/mol. The highest BCUT2D eigenvalue weighted by atomic mass is 16.5. The van der Waals surface area contributed by atoms with Gasteiger partial charge < -0.3 is 14.8 Å². The molecule has 31 heavy (non-hydrogen) atoms. The molecule has 0 saturated carbocycles. The summed E-state index contributed by atoms with van der Waals surface area (Å²) in [6, 6.07) is 15.2. The maximum Gasteiger partial charge on any atom is 0.258 e. The van der Waals surface area contributed by atoms with E-state index in [1.54, 1.807) is 25.3 Å². The Morgan fingerprint density at radius 3 is 2.68 bits per heavy atom. The number of benzene rings is 2. The lowest BCUT2D eigenvalue weighted by Crippen LogP contribution is -2.39. The van der Waals surface area contributed by atoms with Crippen LogP contribution in [0.5, 0.6) is 5.75 Å². The maximum absolute atomic E-state index is 12.8. The summed E-state index contributed by atoms with van der Waals surface area (Å²) in [4.78, 5) is 19.8. The average Bonchev–Trinajstić information content (AvgIpc) is 2.80. The first kappa shape index (κ1) is 22.8. The fourth-order valence-electron chi connectivity index (χ4n) is 3.29. The molecule has 1 aliphatic heterocycles. The van der Waals surface area contributed by atoms with Gasteiger partial charge in [-0.25, -0.2) is 0 Å². The van der Waals surface area contributed by atoms with Gasteiger partial charge in [0.1, 0.15) is 5.75 Å². The molecule has 2 aromatic carbocycles. The van der Waals surface area contributed by atoms with Crippen LogP contribution in [0.2, 0.25) is 0 Å². The molecule has 2 N–H and O–H groups in total. The molecule has 7 nitrogen and oxygen atoms in total. The van der Waals surface area contributed by atoms with Crippen molar-refractivity contribution in [3.8, 4) is 5.75 Å². The largest absolute Gasteiger partial charge is 0.497 e. The fourth-order valence-corrected chi connectivity index (χ4v) is 3.29. The van der Waals surface area contributed by atoms with Crippen LogP contribution in [0.3, 0.4) is 0 Å². The van der Waals surface area contributed by atoms with Crippen molar-refractivity contribution in [2.75, 3.05) is 51.8 Å². The van der Waals surface area contributed by atoms with Crippen molar-refractivity contribution in [3.05, 3.63) is 59.7 Å². The van der Waals surface area contributed by atoms with Gasteiger partial charge in [-0.15, -0.1) is 0 Å². The van der Waals surface area contributed by atoms with Crippen LogP contribution in [0.15, 0.2) is 53.5 Å². The summed E-state index contributed by atoms with van der Waals surface area (Å²) in [5, 5.41) is 6.21. The highest BCUT2D eigenvalue weighted by molar-refractivity contribution is 6.10. The quantitative estimate of drug-likeness (QED) is 0.527. The van der Waals surface area contributed by atoms with Gasteiger partial charge in [0.05, 0.1) is 26.9 Å². The number of aliphatic imine (C=N–C) groups is 1. The van der Waals surface area contributed by atoms with Gasteiger partial charge in [0, 0.05) is 30.9 Å². The first-order valence-corrected chi connectivity index (χ1v) is 10.7. The van der Waals surface area contributed by atoms with Crippen molar-refractivity contribution in [2.45, 2.75) is 19.8 Å². The number of methoxy groups -OCH3 is 1. The molecule has 0 unspecified atom stereocenters. The van der Waals surface area contributed by atoms with E-state index in [0.717, 1.165) is 38.5 Å². The van der Waals surface area contributed by atoms with E-state index in [1.807, 2.05) is 18.2 Å². The van der Waals surface area contributed by atoms with Gasteiger partial charge in [0.2, 0.25) is 5.96 Å². The predicted octanol–water partition coefficient (Wildman–Crippen LogP) is 3.35. The van der Waals surface area contributed by atoms with E-state index in [0.29, 0.717) is 29.7 Å². The summed E-state index contributed by atoms with van der Waals surface area (Å²) in [6.07, 6.45) is 0. The predicted molar refractivity (Wildman–Crippen MR) is 124 cm³/mol. The van der Waals surface area contributed by atoms with Crippen molar-refractivity contribution in [1.29, 1.82) is 0 Å². The molecule has 1 heterocycles. The molecule has 7 heteroatoms. The molecule has 0 atom stereocenters. The molecule has 0 bridgehead atoms. The third-order valence-corrected chi connectivity index (χ3v) is 5.17. The number of hydrogen-bond donors (Lipinski definition) is 2. The van der Waals surface area contributed by atoms with Crippen LogP contribution in [-0.4, -0.2) is 63.3 Å². The van der Waals surface area contributed by atoms with Crippen LogP contribution >= 0.6 is 0 Å². The van der Waals surface area contributed by atoms with Crippen LogP contribution in [0.25, 0.3) is 0 Å². The van der Waals surface area contributed by atoms with Crippen LogP contribution in [0.4, 0.5) is 5.69 Å². The number of hydrogen-bond acceptors (Lipinski definition) is 5. The number of carbonyl (C=O) groups excluding carboxylic acids is 1. The van der Waals surface area contributed by atoms with E-state index in [1.165, 1.54) is 5.56 Å². The molecule has 0 aliphatic carbocycles. The van der Waals surface area contributed by atoms with Gasteiger partial charge in [-0.1, -0.05) is 32.0 Å². The second-order valence-electron chi connectivity index (χ2n) is 7.78. The Kier molecular flexibility index (Phi) is 8.44. The van der Waals surface area contributed by atoms with Crippen LogP contribution < -0.4 is 15.4 Å². The summed E-state index contributed by atoms with van der Waals surface area (Å²) in [7, 11) is 1.58. The van der Waals surface area contributed by atoms with E-state index >= 15 is 0 Å². The first-order valence-electron chi connectivity index (χ1n) is 10.7.